The van der Waals surface area contributed by atoms with Crippen molar-refractivity contribution in [2.24, 2.45) is 0 Å². The molecule has 8 heteroatoms. The van der Waals surface area contributed by atoms with Gasteiger partial charge in [-0.05, 0) is 18.2 Å². The molecule has 2 rings (SSSR count). The van der Waals surface area contributed by atoms with Crippen molar-refractivity contribution < 1.29 is 23.3 Å². The Hall–Kier alpha value is -1.96. The van der Waals surface area contributed by atoms with Gasteiger partial charge in [0, 0.05) is 41.1 Å². The van der Waals surface area contributed by atoms with Crippen molar-refractivity contribution in [1.29, 1.82) is 0 Å². The molecule has 1 aromatic carbocycles. The summed E-state index contributed by atoms with van der Waals surface area (Å²) >= 11 is 0. The Labute approximate surface area is 117 Å². The number of anilines is 1. The first-order valence-corrected chi connectivity index (χ1v) is 7.40. The molecule has 0 aliphatic carbocycles. The summed E-state index contributed by atoms with van der Waals surface area (Å²) in [5, 5.41) is 11.2. The molecule has 1 aliphatic rings. The molecule has 1 fully saturated rings. The maximum atomic E-state index is 13.5. The van der Waals surface area contributed by atoms with E-state index in [4.69, 9.17) is 5.11 Å². The first-order chi connectivity index (χ1) is 9.47. The lowest BCUT2D eigenvalue weighted by atomic mass is 10.2. The number of halogens is 1. The molecule has 0 saturated carbocycles. The summed E-state index contributed by atoms with van der Waals surface area (Å²) < 4.78 is 24.6. The number of aromatic carboxylic acids is 1. The fraction of sp³-hybridized carbons (Fsp3) is 0.333. The quantitative estimate of drug-likeness (QED) is 0.857. The van der Waals surface area contributed by atoms with Gasteiger partial charge < -0.3 is 15.3 Å². The van der Waals surface area contributed by atoms with E-state index in [-0.39, 0.29) is 5.69 Å². The van der Waals surface area contributed by atoms with Crippen molar-refractivity contribution in [1.82, 2.24) is 4.90 Å². The van der Waals surface area contributed by atoms with Gasteiger partial charge in [0.25, 0.3) is 0 Å². The Morgan fingerprint density at radius 2 is 1.95 bits per heavy atom. The van der Waals surface area contributed by atoms with Gasteiger partial charge in [-0.15, -0.1) is 0 Å². The average Bonchev–Trinajstić information content (AvgIpc) is 2.39. The molecule has 20 heavy (non-hydrogen) atoms. The summed E-state index contributed by atoms with van der Waals surface area (Å²) in [6.07, 6.45) is 0. The third kappa shape index (κ3) is 3.32. The molecule has 1 aliphatic heterocycles. The van der Waals surface area contributed by atoms with E-state index >= 15 is 0 Å². The van der Waals surface area contributed by atoms with E-state index < -0.39 is 34.2 Å². The second kappa shape index (κ2) is 6.00. The monoisotopic (exact) mass is 300 g/mol. The van der Waals surface area contributed by atoms with E-state index in [9.17, 15) is 18.2 Å². The lowest BCUT2D eigenvalue weighted by Crippen LogP contribution is -2.43. The van der Waals surface area contributed by atoms with Crippen molar-refractivity contribution in [3.63, 3.8) is 0 Å². The van der Waals surface area contributed by atoms with Crippen molar-refractivity contribution >= 4 is 28.5 Å². The Morgan fingerprint density at radius 3 is 2.50 bits per heavy atom. The molecule has 108 valence electrons. The Kier molecular flexibility index (Phi) is 4.33. The van der Waals surface area contributed by atoms with Gasteiger partial charge in [0.05, 0.1) is 5.56 Å². The van der Waals surface area contributed by atoms with Crippen molar-refractivity contribution in [2.75, 3.05) is 29.9 Å². The van der Waals surface area contributed by atoms with Gasteiger partial charge in [-0.3, -0.25) is 4.21 Å². The molecule has 1 saturated heterocycles. The highest BCUT2D eigenvalue weighted by Gasteiger charge is 2.20. The number of rotatable bonds is 2. The fourth-order valence-corrected chi connectivity index (χ4v) is 2.86. The zero-order valence-corrected chi connectivity index (χ0v) is 11.3. The highest BCUT2D eigenvalue weighted by molar-refractivity contribution is 7.85. The second-order valence-corrected chi connectivity index (χ2v) is 5.96. The van der Waals surface area contributed by atoms with E-state index in [1.165, 1.54) is 11.0 Å². The number of carboxylic acid groups (broad SMARTS) is 1. The SMILES string of the molecule is O=C(O)c1ccc(NC(=O)N2CCS(=O)CC2)cc1F. The topological polar surface area (TPSA) is 86.7 Å². The number of benzene rings is 1. The summed E-state index contributed by atoms with van der Waals surface area (Å²) in [4.78, 5) is 24.0. The van der Waals surface area contributed by atoms with Crippen LogP contribution in [0.25, 0.3) is 0 Å². The van der Waals surface area contributed by atoms with E-state index in [0.29, 0.717) is 24.6 Å². The van der Waals surface area contributed by atoms with Crippen LogP contribution in [0.2, 0.25) is 0 Å². The number of carbonyl (C=O) groups is 2. The summed E-state index contributed by atoms with van der Waals surface area (Å²) in [7, 11) is -0.883. The summed E-state index contributed by atoms with van der Waals surface area (Å²) in [5.74, 6) is -1.41. The van der Waals surface area contributed by atoms with Crippen LogP contribution in [0.4, 0.5) is 14.9 Å². The van der Waals surface area contributed by atoms with E-state index in [1.54, 1.807) is 0 Å². The van der Waals surface area contributed by atoms with Gasteiger partial charge in [-0.1, -0.05) is 0 Å². The van der Waals surface area contributed by atoms with Crippen LogP contribution in [0.1, 0.15) is 10.4 Å². The molecule has 0 aromatic heterocycles. The minimum Gasteiger partial charge on any atom is -0.478 e. The van der Waals surface area contributed by atoms with Gasteiger partial charge in [0.15, 0.2) is 0 Å². The third-order valence-corrected chi connectivity index (χ3v) is 4.19. The number of nitrogens with one attached hydrogen (secondary N) is 1. The molecule has 2 amide bonds. The van der Waals surface area contributed by atoms with Crippen LogP contribution in [0.5, 0.6) is 0 Å². The van der Waals surface area contributed by atoms with Crippen molar-refractivity contribution in [2.45, 2.75) is 0 Å². The molecule has 0 spiro atoms. The smallest absolute Gasteiger partial charge is 0.338 e. The van der Waals surface area contributed by atoms with E-state index in [2.05, 4.69) is 5.32 Å². The number of carboxylic acids is 1. The minimum atomic E-state index is -1.36. The molecular formula is C12H13FN2O4S. The maximum absolute atomic E-state index is 13.5. The first kappa shape index (κ1) is 14.4. The Morgan fingerprint density at radius 1 is 1.30 bits per heavy atom. The standard InChI is InChI=1S/C12H13FN2O4S/c13-10-7-8(1-2-9(10)11(16)17)14-12(18)15-3-5-20(19)6-4-15/h1-2,7H,3-6H2,(H,14,18)(H,16,17). The number of carbonyl (C=O) groups excluding carboxylic acids is 1. The van der Waals surface area contributed by atoms with Crippen molar-refractivity contribution in [3.8, 4) is 0 Å². The van der Waals surface area contributed by atoms with Crippen LogP contribution >= 0.6 is 0 Å². The van der Waals surface area contributed by atoms with Gasteiger partial charge in [-0.25, -0.2) is 14.0 Å². The molecule has 2 N–H and O–H groups in total. The van der Waals surface area contributed by atoms with Crippen LogP contribution in [-0.2, 0) is 10.8 Å². The highest BCUT2D eigenvalue weighted by Crippen LogP contribution is 2.15. The van der Waals surface area contributed by atoms with E-state index in [0.717, 1.165) is 12.1 Å². The number of hydrogen-bond acceptors (Lipinski definition) is 3. The molecule has 1 aromatic rings. The number of nitrogens with zero attached hydrogens (tertiary/aromatic N) is 1. The summed E-state index contributed by atoms with van der Waals surface area (Å²) in [6, 6.07) is 2.97. The predicted molar refractivity (Wildman–Crippen MR) is 71.8 cm³/mol. The molecule has 1 heterocycles. The minimum absolute atomic E-state index is 0.184. The van der Waals surface area contributed by atoms with Crippen LogP contribution in [0, 0.1) is 5.82 Å². The van der Waals surface area contributed by atoms with Gasteiger partial charge >= 0.3 is 12.0 Å². The molecule has 0 bridgehead atoms. The predicted octanol–water partition coefficient (Wildman–Crippen LogP) is 1.12. The van der Waals surface area contributed by atoms with E-state index in [1.807, 2.05) is 0 Å². The fourth-order valence-electron chi connectivity index (χ4n) is 1.81. The molecule has 0 unspecified atom stereocenters. The van der Waals surface area contributed by atoms with Crippen LogP contribution in [-0.4, -0.2) is 50.8 Å². The zero-order chi connectivity index (χ0) is 14.7. The summed E-state index contributed by atoms with van der Waals surface area (Å²) in [5.41, 5.74) is -0.263. The third-order valence-electron chi connectivity index (χ3n) is 2.92. The zero-order valence-electron chi connectivity index (χ0n) is 10.5. The molecule has 6 nitrogen and oxygen atoms in total. The van der Waals surface area contributed by atoms with Gasteiger partial charge in [-0.2, -0.15) is 0 Å². The van der Waals surface area contributed by atoms with Gasteiger partial charge in [0.1, 0.15) is 5.82 Å². The van der Waals surface area contributed by atoms with Crippen molar-refractivity contribution in [3.05, 3.63) is 29.6 Å². The van der Waals surface area contributed by atoms with Crippen LogP contribution < -0.4 is 5.32 Å². The highest BCUT2D eigenvalue weighted by atomic mass is 32.2. The number of amides is 2. The molecule has 0 radical (unpaired) electrons. The second-order valence-electron chi connectivity index (χ2n) is 4.27. The average molecular weight is 300 g/mol. The van der Waals surface area contributed by atoms with Crippen LogP contribution in [0.3, 0.4) is 0 Å². The lowest BCUT2D eigenvalue weighted by Gasteiger charge is -2.26. The maximum Gasteiger partial charge on any atom is 0.338 e. The van der Waals surface area contributed by atoms with Crippen LogP contribution in [0.15, 0.2) is 18.2 Å². The summed E-state index contributed by atoms with van der Waals surface area (Å²) in [6.45, 7) is 0.766. The number of urea groups is 1. The number of hydrogen-bond donors (Lipinski definition) is 2. The Balaban J connectivity index is 2.03. The molecular weight excluding hydrogens is 287 g/mol. The lowest BCUT2D eigenvalue weighted by molar-refractivity contribution is 0.0692. The normalized spacial score (nSPS) is 15.9. The van der Waals surface area contributed by atoms with Gasteiger partial charge in [0.2, 0.25) is 0 Å². The largest absolute Gasteiger partial charge is 0.478 e. The molecule has 0 atom stereocenters. The Bertz CT molecular complexity index is 569. The first-order valence-electron chi connectivity index (χ1n) is 5.91.